The van der Waals surface area contributed by atoms with E-state index in [0.717, 1.165) is 27.9 Å². The number of halogens is 1. The molecule has 0 saturated heterocycles. The van der Waals surface area contributed by atoms with Gasteiger partial charge in [0.15, 0.2) is 0 Å². The molecule has 0 fully saturated rings. The van der Waals surface area contributed by atoms with Gasteiger partial charge < -0.3 is 9.84 Å². The second-order valence-corrected chi connectivity index (χ2v) is 6.60. The van der Waals surface area contributed by atoms with Crippen molar-refractivity contribution in [3.63, 3.8) is 0 Å². The molecule has 2 aromatic rings. The van der Waals surface area contributed by atoms with Gasteiger partial charge in [-0.2, -0.15) is 0 Å². The molecule has 2 nitrogen and oxygen atoms in total. The van der Waals surface area contributed by atoms with E-state index in [1.165, 1.54) is 10.4 Å². The number of ether oxygens (including phenoxy) is 1. The fraction of sp³-hybridized carbons (Fsp3) is 0.333. The first-order valence-electron chi connectivity index (χ1n) is 6.17. The van der Waals surface area contributed by atoms with Crippen molar-refractivity contribution >= 4 is 27.3 Å². The number of aliphatic hydroxyl groups is 1. The molecule has 1 atom stereocenters. The highest BCUT2D eigenvalue weighted by atomic mass is 79.9. The fourth-order valence-electron chi connectivity index (χ4n) is 1.88. The molecule has 0 aliphatic rings. The highest BCUT2D eigenvalue weighted by molar-refractivity contribution is 9.10. The third-order valence-electron chi connectivity index (χ3n) is 3.07. The van der Waals surface area contributed by atoms with Crippen molar-refractivity contribution < 1.29 is 9.84 Å². The Kier molecular flexibility index (Phi) is 5.02. The van der Waals surface area contributed by atoms with Gasteiger partial charge in [0.25, 0.3) is 0 Å². The van der Waals surface area contributed by atoms with Gasteiger partial charge in [-0.05, 0) is 59.5 Å². The van der Waals surface area contributed by atoms with Crippen LogP contribution in [0, 0.1) is 6.92 Å². The molecule has 2 rings (SSSR count). The lowest BCUT2D eigenvalue weighted by Gasteiger charge is -2.08. The standard InChI is InChI=1S/C15H17BrO2S/c1-10-13(16)9-15(19-10)14(17)8-5-11-3-6-12(18-2)7-4-11/h3-4,6-7,9,14,17H,5,8H2,1-2H3. The first-order chi connectivity index (χ1) is 9.10. The molecule has 0 saturated carbocycles. The van der Waals surface area contributed by atoms with Gasteiger partial charge in [0.1, 0.15) is 5.75 Å². The van der Waals surface area contributed by atoms with E-state index in [9.17, 15) is 5.11 Å². The van der Waals surface area contributed by atoms with E-state index in [-0.39, 0.29) is 0 Å². The van der Waals surface area contributed by atoms with Crippen LogP contribution in [0.1, 0.15) is 27.8 Å². The molecular weight excluding hydrogens is 324 g/mol. The summed E-state index contributed by atoms with van der Waals surface area (Å²) < 4.78 is 6.21. The summed E-state index contributed by atoms with van der Waals surface area (Å²) in [6, 6.07) is 10.0. The number of rotatable bonds is 5. The second-order valence-electron chi connectivity index (χ2n) is 4.46. The molecule has 102 valence electrons. The van der Waals surface area contributed by atoms with Crippen LogP contribution >= 0.6 is 27.3 Å². The summed E-state index contributed by atoms with van der Waals surface area (Å²) in [7, 11) is 1.66. The first kappa shape index (κ1) is 14.6. The number of hydrogen-bond donors (Lipinski definition) is 1. The lowest BCUT2D eigenvalue weighted by molar-refractivity contribution is 0.171. The number of methoxy groups -OCH3 is 1. The van der Waals surface area contributed by atoms with Gasteiger partial charge in [0.2, 0.25) is 0 Å². The highest BCUT2D eigenvalue weighted by Crippen LogP contribution is 2.32. The van der Waals surface area contributed by atoms with Gasteiger partial charge in [-0.15, -0.1) is 11.3 Å². The normalized spacial score (nSPS) is 12.4. The van der Waals surface area contributed by atoms with Crippen molar-refractivity contribution in [1.82, 2.24) is 0 Å². The predicted molar refractivity (Wildman–Crippen MR) is 83.0 cm³/mol. The first-order valence-corrected chi connectivity index (χ1v) is 7.78. The van der Waals surface area contributed by atoms with Crippen LogP contribution in [0.5, 0.6) is 5.75 Å². The lowest BCUT2D eigenvalue weighted by atomic mass is 10.1. The maximum Gasteiger partial charge on any atom is 0.118 e. The van der Waals surface area contributed by atoms with Gasteiger partial charge in [0.05, 0.1) is 13.2 Å². The molecular formula is C15H17BrO2S. The Morgan fingerprint density at radius 2 is 2.00 bits per heavy atom. The fourth-order valence-corrected chi connectivity index (χ4v) is 3.47. The zero-order valence-electron chi connectivity index (χ0n) is 11.0. The van der Waals surface area contributed by atoms with Crippen molar-refractivity contribution in [3.05, 3.63) is 50.1 Å². The van der Waals surface area contributed by atoms with Crippen molar-refractivity contribution in [2.45, 2.75) is 25.9 Å². The molecule has 0 amide bonds. The third kappa shape index (κ3) is 3.81. The maximum atomic E-state index is 10.2. The van der Waals surface area contributed by atoms with Gasteiger partial charge in [-0.25, -0.2) is 0 Å². The summed E-state index contributed by atoms with van der Waals surface area (Å²) in [6.45, 7) is 2.05. The summed E-state index contributed by atoms with van der Waals surface area (Å²) in [4.78, 5) is 2.23. The number of aliphatic hydroxyl groups excluding tert-OH is 1. The van der Waals surface area contributed by atoms with Crippen LogP contribution < -0.4 is 4.74 Å². The molecule has 1 aromatic heterocycles. The highest BCUT2D eigenvalue weighted by Gasteiger charge is 2.12. The molecule has 1 aromatic carbocycles. The lowest BCUT2D eigenvalue weighted by Crippen LogP contribution is -1.97. The topological polar surface area (TPSA) is 29.5 Å². The summed E-state index contributed by atoms with van der Waals surface area (Å²) in [5, 5.41) is 10.2. The number of thiophene rings is 1. The maximum absolute atomic E-state index is 10.2. The summed E-state index contributed by atoms with van der Waals surface area (Å²) >= 11 is 5.13. The number of hydrogen-bond acceptors (Lipinski definition) is 3. The zero-order valence-corrected chi connectivity index (χ0v) is 13.4. The molecule has 0 radical (unpaired) electrons. The van der Waals surface area contributed by atoms with Gasteiger partial charge in [0, 0.05) is 14.2 Å². The monoisotopic (exact) mass is 340 g/mol. The molecule has 19 heavy (non-hydrogen) atoms. The van der Waals surface area contributed by atoms with Crippen LogP contribution in [-0.4, -0.2) is 12.2 Å². The largest absolute Gasteiger partial charge is 0.497 e. The Morgan fingerprint density at radius 1 is 1.32 bits per heavy atom. The second kappa shape index (κ2) is 6.55. The summed E-state index contributed by atoms with van der Waals surface area (Å²) in [6.07, 6.45) is 1.20. The SMILES string of the molecule is COc1ccc(CCC(O)c2cc(Br)c(C)s2)cc1. The van der Waals surface area contributed by atoms with Crippen molar-refractivity contribution in [2.24, 2.45) is 0 Å². The Balaban J connectivity index is 1.94. The summed E-state index contributed by atoms with van der Waals surface area (Å²) in [5.41, 5.74) is 1.21. The average molecular weight is 341 g/mol. The molecule has 0 bridgehead atoms. The van der Waals surface area contributed by atoms with Crippen molar-refractivity contribution in [1.29, 1.82) is 0 Å². The Morgan fingerprint density at radius 3 is 2.53 bits per heavy atom. The van der Waals surface area contributed by atoms with Crippen molar-refractivity contribution in [2.75, 3.05) is 7.11 Å². The molecule has 0 spiro atoms. The molecule has 0 aliphatic heterocycles. The predicted octanol–water partition coefficient (Wildman–Crippen LogP) is 4.49. The smallest absolute Gasteiger partial charge is 0.118 e. The van der Waals surface area contributed by atoms with E-state index in [2.05, 4.69) is 22.9 Å². The summed E-state index contributed by atoms with van der Waals surface area (Å²) in [5.74, 6) is 0.863. The minimum absolute atomic E-state index is 0.392. The molecule has 1 heterocycles. The number of benzene rings is 1. The Labute approximate surface area is 126 Å². The Bertz CT molecular complexity index is 514. The van der Waals surface area contributed by atoms with Crippen LogP contribution in [0.15, 0.2) is 34.8 Å². The van der Waals surface area contributed by atoms with Crippen LogP contribution in [0.4, 0.5) is 0 Å². The molecule has 1 unspecified atom stereocenters. The quantitative estimate of drug-likeness (QED) is 0.868. The zero-order chi connectivity index (χ0) is 13.8. The van der Waals surface area contributed by atoms with E-state index < -0.39 is 6.10 Å². The van der Waals surface area contributed by atoms with Crippen LogP contribution in [0.25, 0.3) is 0 Å². The minimum Gasteiger partial charge on any atom is -0.497 e. The van der Waals surface area contributed by atoms with E-state index in [4.69, 9.17) is 4.74 Å². The van der Waals surface area contributed by atoms with Gasteiger partial charge >= 0.3 is 0 Å². The van der Waals surface area contributed by atoms with Crippen LogP contribution in [-0.2, 0) is 6.42 Å². The minimum atomic E-state index is -0.392. The third-order valence-corrected chi connectivity index (χ3v) is 5.31. The van der Waals surface area contributed by atoms with E-state index in [1.54, 1.807) is 18.4 Å². The number of aryl methyl sites for hydroxylation is 2. The van der Waals surface area contributed by atoms with Gasteiger partial charge in [-0.3, -0.25) is 0 Å². The molecule has 1 N–H and O–H groups in total. The van der Waals surface area contributed by atoms with Crippen molar-refractivity contribution in [3.8, 4) is 5.75 Å². The van der Waals surface area contributed by atoms with E-state index in [1.807, 2.05) is 30.3 Å². The van der Waals surface area contributed by atoms with Gasteiger partial charge in [-0.1, -0.05) is 12.1 Å². The van der Waals surface area contributed by atoms with Crippen LogP contribution in [0.3, 0.4) is 0 Å². The molecule has 0 aliphatic carbocycles. The van der Waals surface area contributed by atoms with E-state index in [0.29, 0.717) is 0 Å². The average Bonchev–Trinajstić information content (AvgIpc) is 2.77. The van der Waals surface area contributed by atoms with E-state index >= 15 is 0 Å². The van der Waals surface area contributed by atoms with Crippen LogP contribution in [0.2, 0.25) is 0 Å². The Hall–Kier alpha value is -0.840. The molecule has 4 heteroatoms.